The van der Waals surface area contributed by atoms with E-state index in [-0.39, 0.29) is 0 Å². The minimum absolute atomic E-state index is 0.333. The lowest BCUT2D eigenvalue weighted by Gasteiger charge is -2.06. The van der Waals surface area contributed by atoms with Crippen LogP contribution in [-0.2, 0) is 14.6 Å². The van der Waals surface area contributed by atoms with Crippen LogP contribution in [0, 0.1) is 6.92 Å². The third-order valence-corrected chi connectivity index (χ3v) is 3.26. The van der Waals surface area contributed by atoms with Crippen molar-refractivity contribution in [3.63, 3.8) is 0 Å². The highest BCUT2D eigenvalue weighted by atomic mass is 17.2. The van der Waals surface area contributed by atoms with Gasteiger partial charge in [-0.2, -0.15) is 0 Å². The highest BCUT2D eigenvalue weighted by molar-refractivity contribution is 5.93. The Bertz CT molecular complexity index is 649. The van der Waals surface area contributed by atoms with Gasteiger partial charge in [0.2, 0.25) is 0 Å². The van der Waals surface area contributed by atoms with E-state index in [1.165, 1.54) is 5.57 Å². The largest absolute Gasteiger partial charge is 0.386 e. The van der Waals surface area contributed by atoms with Gasteiger partial charge >= 0.3 is 11.9 Å². The van der Waals surface area contributed by atoms with Crippen LogP contribution >= 0.6 is 0 Å². The molecule has 24 heavy (non-hydrogen) atoms. The molecule has 0 atom stereocenters. The summed E-state index contributed by atoms with van der Waals surface area (Å²) in [6.07, 6.45) is 8.76. The number of carbonyl (C=O) groups is 2. The van der Waals surface area contributed by atoms with Crippen molar-refractivity contribution in [2.75, 3.05) is 0 Å². The average molecular weight is 328 g/mol. The Labute approximate surface area is 143 Å². The first-order chi connectivity index (χ1) is 11.6. The lowest BCUT2D eigenvalue weighted by molar-refractivity contribution is -0.229. The molecule has 0 aromatic heterocycles. The molecule has 0 saturated carbocycles. The van der Waals surface area contributed by atoms with E-state index in [1.807, 2.05) is 39.8 Å². The quantitative estimate of drug-likeness (QED) is 0.442. The molecule has 0 fully saturated rings. The molecule has 0 bridgehead atoms. The van der Waals surface area contributed by atoms with Crippen LogP contribution in [-0.4, -0.2) is 11.9 Å². The fraction of sp³-hybridized carbons (Fsp3) is 0.300. The molecule has 0 aliphatic heterocycles. The van der Waals surface area contributed by atoms with Gasteiger partial charge in [0.1, 0.15) is 0 Å². The van der Waals surface area contributed by atoms with Crippen LogP contribution in [0.1, 0.15) is 49.5 Å². The smallest absolute Gasteiger partial charge is 0.242 e. The maximum atomic E-state index is 11.9. The van der Waals surface area contributed by atoms with Crippen molar-refractivity contribution in [2.24, 2.45) is 0 Å². The van der Waals surface area contributed by atoms with E-state index in [0.29, 0.717) is 17.6 Å². The maximum absolute atomic E-state index is 11.9. The second-order valence-corrected chi connectivity index (χ2v) is 5.16. The summed E-state index contributed by atoms with van der Waals surface area (Å²) >= 11 is 0. The van der Waals surface area contributed by atoms with Gasteiger partial charge < -0.3 is 0 Å². The van der Waals surface area contributed by atoms with Gasteiger partial charge in [0.25, 0.3) is 0 Å². The molecule has 0 spiro atoms. The van der Waals surface area contributed by atoms with E-state index in [0.717, 1.165) is 12.0 Å². The van der Waals surface area contributed by atoms with Crippen molar-refractivity contribution < 1.29 is 19.4 Å². The molecule has 128 valence electrons. The zero-order valence-electron chi connectivity index (χ0n) is 14.7. The third kappa shape index (κ3) is 6.24. The molecule has 1 aliphatic rings. The van der Waals surface area contributed by atoms with Crippen LogP contribution in [0.3, 0.4) is 0 Å². The van der Waals surface area contributed by atoms with E-state index in [4.69, 9.17) is 0 Å². The highest BCUT2D eigenvalue weighted by Crippen LogP contribution is 2.13. The van der Waals surface area contributed by atoms with E-state index in [2.05, 4.69) is 9.78 Å². The summed E-state index contributed by atoms with van der Waals surface area (Å²) in [4.78, 5) is 32.9. The van der Waals surface area contributed by atoms with Gasteiger partial charge in [-0.3, -0.25) is 0 Å². The summed E-state index contributed by atoms with van der Waals surface area (Å²) < 4.78 is 0. The van der Waals surface area contributed by atoms with Gasteiger partial charge in [-0.15, -0.1) is 0 Å². The molecule has 0 radical (unpaired) electrons. The monoisotopic (exact) mass is 328 g/mol. The van der Waals surface area contributed by atoms with Crippen molar-refractivity contribution in [1.29, 1.82) is 0 Å². The molecule has 0 unspecified atom stereocenters. The summed E-state index contributed by atoms with van der Waals surface area (Å²) in [7, 11) is 0. The zero-order chi connectivity index (χ0) is 17.9. The molecular formula is C20H24O4. The first-order valence-corrected chi connectivity index (χ1v) is 8.08. The second kappa shape index (κ2) is 10.2. The normalized spacial score (nSPS) is 19.0. The lowest BCUT2D eigenvalue weighted by Crippen LogP contribution is -2.13. The van der Waals surface area contributed by atoms with Gasteiger partial charge in [0, 0.05) is 0 Å². The Hall–Kier alpha value is -2.62. The summed E-state index contributed by atoms with van der Waals surface area (Å²) in [5, 5.41) is 0. The van der Waals surface area contributed by atoms with Crippen LogP contribution in [0.15, 0.2) is 59.7 Å². The number of aryl methyl sites for hydroxylation is 1. The Morgan fingerprint density at radius 1 is 0.917 bits per heavy atom. The minimum Gasteiger partial charge on any atom is -0.242 e. The molecule has 0 heterocycles. The highest BCUT2D eigenvalue weighted by Gasteiger charge is 2.14. The summed E-state index contributed by atoms with van der Waals surface area (Å²) in [5.74, 6) is -1.37. The number of rotatable bonds is 2. The predicted molar refractivity (Wildman–Crippen MR) is 94.2 cm³/mol. The number of hydrogen-bond donors (Lipinski definition) is 0. The van der Waals surface area contributed by atoms with Gasteiger partial charge in [-0.1, -0.05) is 61.4 Å². The molecule has 4 heteroatoms. The third-order valence-electron chi connectivity index (χ3n) is 3.26. The van der Waals surface area contributed by atoms with Gasteiger partial charge in [0.15, 0.2) is 0 Å². The first-order valence-electron chi connectivity index (χ1n) is 8.08. The molecule has 1 aromatic rings. The Morgan fingerprint density at radius 3 is 2.21 bits per heavy atom. The van der Waals surface area contributed by atoms with Crippen LogP contribution < -0.4 is 0 Å². The van der Waals surface area contributed by atoms with Crippen LogP contribution in [0.5, 0.6) is 0 Å². The molecule has 1 aliphatic carbocycles. The molecule has 0 N–H and O–H groups in total. The number of benzene rings is 1. The Balaban J connectivity index is 0.00000139. The predicted octanol–water partition coefficient (Wildman–Crippen LogP) is 4.86. The zero-order valence-corrected chi connectivity index (χ0v) is 14.7. The molecule has 2 rings (SSSR count). The number of hydrogen-bond acceptors (Lipinski definition) is 4. The van der Waals surface area contributed by atoms with Crippen molar-refractivity contribution in [3.05, 3.63) is 70.8 Å². The fourth-order valence-electron chi connectivity index (χ4n) is 1.92. The molecule has 0 saturated heterocycles. The summed E-state index contributed by atoms with van der Waals surface area (Å²) in [6, 6.07) is 6.81. The second-order valence-electron chi connectivity index (χ2n) is 5.16. The van der Waals surface area contributed by atoms with Crippen molar-refractivity contribution >= 4 is 11.9 Å². The molecule has 0 amide bonds. The average Bonchev–Trinajstić information content (AvgIpc) is 2.58. The van der Waals surface area contributed by atoms with Crippen molar-refractivity contribution in [3.8, 4) is 0 Å². The SMILES string of the molecule is C/C1=C/C/C=C(C(=O)OOC(=O)c2ccc(C)cc2)\C=C/C1.CC. The van der Waals surface area contributed by atoms with E-state index >= 15 is 0 Å². The Morgan fingerprint density at radius 2 is 1.54 bits per heavy atom. The topological polar surface area (TPSA) is 52.6 Å². The van der Waals surface area contributed by atoms with E-state index in [9.17, 15) is 9.59 Å². The fourth-order valence-corrected chi connectivity index (χ4v) is 1.92. The van der Waals surface area contributed by atoms with E-state index in [1.54, 1.807) is 36.4 Å². The molecular weight excluding hydrogens is 304 g/mol. The molecule has 1 aromatic carbocycles. The van der Waals surface area contributed by atoms with Crippen LogP contribution in [0.4, 0.5) is 0 Å². The standard InChI is InChI=1S/C18H18O4.C2H6/c1-13-5-3-7-15(8-4-6-13)17(19)21-22-18(20)16-11-9-14(2)10-12-16;1-2/h3,6-12H,4-5H2,1-2H3;1-2H3/b7-3-,13-6-,15-8+;. The van der Waals surface area contributed by atoms with Crippen LogP contribution in [0.25, 0.3) is 0 Å². The van der Waals surface area contributed by atoms with Gasteiger partial charge in [0.05, 0.1) is 11.1 Å². The van der Waals surface area contributed by atoms with Crippen LogP contribution in [0.2, 0.25) is 0 Å². The summed E-state index contributed by atoms with van der Waals surface area (Å²) in [6.45, 7) is 7.95. The summed E-state index contributed by atoms with van der Waals surface area (Å²) in [5.41, 5.74) is 2.98. The number of carbonyl (C=O) groups excluding carboxylic acids is 2. The van der Waals surface area contributed by atoms with Crippen molar-refractivity contribution in [2.45, 2.75) is 40.5 Å². The van der Waals surface area contributed by atoms with Gasteiger partial charge in [-0.25, -0.2) is 19.4 Å². The van der Waals surface area contributed by atoms with E-state index < -0.39 is 11.9 Å². The minimum atomic E-state index is -0.695. The Kier molecular flexibility index (Phi) is 8.26. The number of allylic oxidation sites excluding steroid dienone is 4. The lowest BCUT2D eigenvalue weighted by atomic mass is 10.1. The maximum Gasteiger partial charge on any atom is 0.386 e. The van der Waals surface area contributed by atoms with Gasteiger partial charge in [-0.05, 0) is 38.8 Å². The first kappa shape index (κ1) is 19.4. The van der Waals surface area contributed by atoms with Crippen molar-refractivity contribution in [1.82, 2.24) is 0 Å². The molecule has 4 nitrogen and oxygen atoms in total.